The lowest BCUT2D eigenvalue weighted by atomic mass is 10.0. The standard InChI is InChI=1S/C22H27N3O4S/c1-14(2)21(22(27)23-17-9-7-15(3)8-10-17)25-30(28,29)18-11-12-19-16(13-18)5-4-6-20(26)24-19/h7-14,21,25H,4-6H2,1-3H3,(H,23,27)(H,24,26)/t21-/m1/s1. The number of amides is 2. The molecule has 0 bridgehead atoms. The van der Waals surface area contributed by atoms with Crippen LogP contribution in [0.4, 0.5) is 11.4 Å². The van der Waals surface area contributed by atoms with Crippen molar-refractivity contribution in [2.45, 2.75) is 51.0 Å². The molecule has 1 heterocycles. The highest BCUT2D eigenvalue weighted by Crippen LogP contribution is 2.25. The average molecular weight is 430 g/mol. The zero-order valence-electron chi connectivity index (χ0n) is 17.4. The summed E-state index contributed by atoms with van der Waals surface area (Å²) < 4.78 is 28.6. The summed E-state index contributed by atoms with van der Waals surface area (Å²) in [7, 11) is -3.93. The van der Waals surface area contributed by atoms with Crippen LogP contribution < -0.4 is 15.4 Å². The largest absolute Gasteiger partial charge is 0.326 e. The number of carbonyl (C=O) groups excluding carboxylic acids is 2. The van der Waals surface area contributed by atoms with Crippen molar-refractivity contribution < 1.29 is 18.0 Å². The van der Waals surface area contributed by atoms with E-state index >= 15 is 0 Å². The SMILES string of the molecule is Cc1ccc(NC(=O)[C@H](NS(=O)(=O)c2ccc3c(c2)CCCC(=O)N3)C(C)C)cc1. The first-order valence-electron chi connectivity index (χ1n) is 9.98. The fraction of sp³-hybridized carbons (Fsp3) is 0.364. The molecule has 0 saturated heterocycles. The summed E-state index contributed by atoms with van der Waals surface area (Å²) >= 11 is 0. The first-order chi connectivity index (χ1) is 14.2. The third-order valence-corrected chi connectivity index (χ3v) is 6.50. The first-order valence-corrected chi connectivity index (χ1v) is 11.5. The normalized spacial score (nSPS) is 15.1. The van der Waals surface area contributed by atoms with Gasteiger partial charge in [-0.25, -0.2) is 8.42 Å². The number of hydrogen-bond acceptors (Lipinski definition) is 4. The Balaban J connectivity index is 1.80. The van der Waals surface area contributed by atoms with Gasteiger partial charge in [0.25, 0.3) is 0 Å². The minimum Gasteiger partial charge on any atom is -0.326 e. The van der Waals surface area contributed by atoms with Crippen LogP contribution in [-0.2, 0) is 26.0 Å². The fourth-order valence-corrected chi connectivity index (χ4v) is 4.70. The summed E-state index contributed by atoms with van der Waals surface area (Å²) in [6.45, 7) is 5.52. The molecule has 0 saturated carbocycles. The molecule has 2 aromatic carbocycles. The number of aryl methyl sites for hydroxylation is 2. The summed E-state index contributed by atoms with van der Waals surface area (Å²) in [6, 6.07) is 11.0. The molecule has 0 unspecified atom stereocenters. The smallest absolute Gasteiger partial charge is 0.242 e. The van der Waals surface area contributed by atoms with Crippen molar-refractivity contribution >= 4 is 33.2 Å². The van der Waals surface area contributed by atoms with Gasteiger partial charge in [0.05, 0.1) is 4.90 Å². The number of rotatable bonds is 6. The molecule has 1 aliphatic rings. The van der Waals surface area contributed by atoms with Gasteiger partial charge in [0, 0.05) is 17.8 Å². The number of carbonyl (C=O) groups is 2. The summed E-state index contributed by atoms with van der Waals surface area (Å²) in [4.78, 5) is 24.6. The topological polar surface area (TPSA) is 104 Å². The van der Waals surface area contributed by atoms with Crippen LogP contribution in [0.25, 0.3) is 0 Å². The van der Waals surface area contributed by atoms with E-state index in [-0.39, 0.29) is 16.7 Å². The zero-order valence-corrected chi connectivity index (χ0v) is 18.2. The van der Waals surface area contributed by atoms with Gasteiger partial charge in [0.2, 0.25) is 21.8 Å². The molecule has 2 amide bonds. The maximum absolute atomic E-state index is 13.0. The lowest BCUT2D eigenvalue weighted by Gasteiger charge is -2.22. The maximum atomic E-state index is 13.0. The van der Waals surface area contributed by atoms with E-state index < -0.39 is 22.0 Å². The monoisotopic (exact) mass is 429 g/mol. The van der Waals surface area contributed by atoms with E-state index in [1.54, 1.807) is 38.1 Å². The van der Waals surface area contributed by atoms with E-state index in [2.05, 4.69) is 15.4 Å². The molecule has 0 aromatic heterocycles. The van der Waals surface area contributed by atoms with Crippen LogP contribution in [0.3, 0.4) is 0 Å². The molecule has 1 aliphatic heterocycles. The van der Waals surface area contributed by atoms with Crippen LogP contribution in [0.15, 0.2) is 47.4 Å². The molecule has 3 N–H and O–H groups in total. The zero-order chi connectivity index (χ0) is 21.9. The highest BCUT2D eigenvalue weighted by molar-refractivity contribution is 7.89. The number of hydrogen-bond donors (Lipinski definition) is 3. The highest BCUT2D eigenvalue weighted by Gasteiger charge is 2.29. The van der Waals surface area contributed by atoms with Crippen LogP contribution in [0.5, 0.6) is 0 Å². The lowest BCUT2D eigenvalue weighted by Crippen LogP contribution is -2.47. The molecule has 160 valence electrons. The van der Waals surface area contributed by atoms with Crippen LogP contribution in [0, 0.1) is 12.8 Å². The number of benzene rings is 2. The molecular weight excluding hydrogens is 402 g/mol. The van der Waals surface area contributed by atoms with Crippen molar-refractivity contribution in [2.24, 2.45) is 5.92 Å². The molecule has 30 heavy (non-hydrogen) atoms. The van der Waals surface area contributed by atoms with Crippen LogP contribution >= 0.6 is 0 Å². The van der Waals surface area contributed by atoms with E-state index in [0.717, 1.165) is 11.1 Å². The highest BCUT2D eigenvalue weighted by atomic mass is 32.2. The summed E-state index contributed by atoms with van der Waals surface area (Å²) in [5.41, 5.74) is 3.08. The van der Waals surface area contributed by atoms with Gasteiger partial charge in [-0.1, -0.05) is 31.5 Å². The summed E-state index contributed by atoms with van der Waals surface area (Å²) in [5, 5.41) is 5.57. The Labute approximate surface area is 177 Å². The predicted octanol–water partition coefficient (Wildman–Crippen LogP) is 3.21. The van der Waals surface area contributed by atoms with E-state index in [0.29, 0.717) is 30.6 Å². The van der Waals surface area contributed by atoms with Crippen molar-refractivity contribution in [3.63, 3.8) is 0 Å². The van der Waals surface area contributed by atoms with Crippen LogP contribution in [0.2, 0.25) is 0 Å². The van der Waals surface area contributed by atoms with Gasteiger partial charge in [-0.2, -0.15) is 4.72 Å². The van der Waals surface area contributed by atoms with Gasteiger partial charge in [-0.3, -0.25) is 9.59 Å². The Bertz CT molecular complexity index is 1050. The molecule has 1 atom stereocenters. The van der Waals surface area contributed by atoms with Crippen LogP contribution in [-0.4, -0.2) is 26.3 Å². The molecule has 0 radical (unpaired) electrons. The minimum atomic E-state index is -3.93. The second kappa shape index (κ2) is 8.97. The van der Waals surface area contributed by atoms with E-state index in [9.17, 15) is 18.0 Å². The molecule has 0 spiro atoms. The molecule has 0 aliphatic carbocycles. The van der Waals surface area contributed by atoms with Gasteiger partial charge in [-0.05, 0) is 61.6 Å². The number of nitrogens with one attached hydrogen (secondary N) is 3. The average Bonchev–Trinajstić information content (AvgIpc) is 2.87. The van der Waals surface area contributed by atoms with Gasteiger partial charge >= 0.3 is 0 Å². The minimum absolute atomic E-state index is 0.0740. The Hall–Kier alpha value is -2.71. The predicted molar refractivity (Wildman–Crippen MR) is 117 cm³/mol. The van der Waals surface area contributed by atoms with Crippen molar-refractivity contribution in [3.05, 3.63) is 53.6 Å². The molecule has 7 nitrogen and oxygen atoms in total. The Kier molecular flexibility index (Phi) is 6.58. The lowest BCUT2D eigenvalue weighted by molar-refractivity contribution is -0.118. The molecule has 8 heteroatoms. The molecule has 2 aromatic rings. The number of anilines is 2. The second-order valence-corrected chi connectivity index (χ2v) is 9.63. The Morgan fingerprint density at radius 1 is 1.07 bits per heavy atom. The third-order valence-electron chi connectivity index (χ3n) is 5.06. The molecule has 3 rings (SSSR count). The Morgan fingerprint density at radius 3 is 2.43 bits per heavy atom. The van der Waals surface area contributed by atoms with Crippen molar-refractivity contribution in [1.82, 2.24) is 4.72 Å². The van der Waals surface area contributed by atoms with Gasteiger partial charge in [0.15, 0.2) is 0 Å². The molecular formula is C22H27N3O4S. The van der Waals surface area contributed by atoms with E-state index in [4.69, 9.17) is 0 Å². The van der Waals surface area contributed by atoms with Gasteiger partial charge < -0.3 is 10.6 Å². The quantitative estimate of drug-likeness (QED) is 0.656. The second-order valence-electron chi connectivity index (χ2n) is 7.92. The van der Waals surface area contributed by atoms with Gasteiger partial charge in [-0.15, -0.1) is 0 Å². The van der Waals surface area contributed by atoms with E-state index in [1.807, 2.05) is 19.1 Å². The fourth-order valence-electron chi connectivity index (χ4n) is 3.30. The Morgan fingerprint density at radius 2 is 1.77 bits per heavy atom. The number of fused-ring (bicyclic) bond motifs is 1. The summed E-state index contributed by atoms with van der Waals surface area (Å²) in [6.07, 6.45) is 1.67. The maximum Gasteiger partial charge on any atom is 0.242 e. The van der Waals surface area contributed by atoms with Crippen molar-refractivity contribution in [3.8, 4) is 0 Å². The van der Waals surface area contributed by atoms with Crippen LogP contribution in [0.1, 0.15) is 37.8 Å². The van der Waals surface area contributed by atoms with Crippen molar-refractivity contribution in [2.75, 3.05) is 10.6 Å². The summed E-state index contributed by atoms with van der Waals surface area (Å²) in [5.74, 6) is -0.750. The first kappa shape index (κ1) is 22.0. The van der Waals surface area contributed by atoms with Gasteiger partial charge in [0.1, 0.15) is 6.04 Å². The van der Waals surface area contributed by atoms with E-state index in [1.165, 1.54) is 6.07 Å². The third kappa shape index (κ3) is 5.25. The number of sulfonamides is 1. The molecule has 0 fully saturated rings. The van der Waals surface area contributed by atoms with Crippen molar-refractivity contribution in [1.29, 1.82) is 0 Å².